The number of aromatic nitrogens is 3. The number of carbonyl (C=O) groups is 1. The summed E-state index contributed by atoms with van der Waals surface area (Å²) in [6.07, 6.45) is 4.62. The topological polar surface area (TPSA) is 77.8 Å². The Morgan fingerprint density at radius 1 is 1.59 bits per heavy atom. The van der Waals surface area contributed by atoms with Gasteiger partial charge in [0.05, 0.1) is 18.3 Å². The lowest BCUT2D eigenvalue weighted by Gasteiger charge is -2.47. The molecule has 0 bridgehead atoms. The Balaban J connectivity index is 1.55. The predicted octanol–water partition coefficient (Wildman–Crippen LogP) is 0.509. The van der Waals surface area contributed by atoms with Gasteiger partial charge in [-0.15, -0.1) is 10.2 Å². The number of nitrogens with one attached hydrogen (secondary N) is 1. The van der Waals surface area contributed by atoms with Gasteiger partial charge in [0.2, 0.25) is 0 Å². The number of pyridine rings is 1. The number of amides is 1. The van der Waals surface area contributed by atoms with E-state index in [2.05, 4.69) is 15.5 Å². The summed E-state index contributed by atoms with van der Waals surface area (Å²) in [5, 5.41) is 11.0. The molecule has 2 aromatic heterocycles. The fourth-order valence-corrected chi connectivity index (χ4v) is 3.69. The van der Waals surface area contributed by atoms with Crippen molar-refractivity contribution in [2.75, 3.05) is 20.3 Å². The molecule has 4 atom stereocenters. The standard InChI is InChI=1S/C15H18N4O3/c1-21-7-11-12(9-4-6-22-13(9)11)17-15(20)10-3-2-5-19-8-16-18-14(10)19/h2-3,5,8-9,11-13H,4,6-7H2,1H3,(H,17,20)/t9-,11+,12+,13-/m1/s1. The van der Waals surface area contributed by atoms with Crippen LogP contribution in [0.4, 0.5) is 0 Å². The molecule has 1 aliphatic heterocycles. The molecule has 2 aliphatic rings. The molecule has 2 aromatic rings. The van der Waals surface area contributed by atoms with Crippen molar-refractivity contribution in [2.24, 2.45) is 11.8 Å². The summed E-state index contributed by atoms with van der Waals surface area (Å²) >= 11 is 0. The van der Waals surface area contributed by atoms with Crippen molar-refractivity contribution >= 4 is 11.6 Å². The quantitative estimate of drug-likeness (QED) is 0.890. The molecule has 3 heterocycles. The fraction of sp³-hybridized carbons (Fsp3) is 0.533. The molecule has 1 saturated heterocycles. The molecular formula is C15H18N4O3. The van der Waals surface area contributed by atoms with Crippen molar-refractivity contribution in [1.29, 1.82) is 0 Å². The molecule has 0 spiro atoms. The van der Waals surface area contributed by atoms with Crippen LogP contribution in [0.25, 0.3) is 5.65 Å². The van der Waals surface area contributed by atoms with Crippen molar-refractivity contribution in [3.8, 4) is 0 Å². The molecular weight excluding hydrogens is 284 g/mol. The Hall–Kier alpha value is -1.99. The normalized spacial score (nSPS) is 30.0. The van der Waals surface area contributed by atoms with E-state index in [0.29, 0.717) is 23.7 Å². The van der Waals surface area contributed by atoms with Crippen molar-refractivity contribution in [3.63, 3.8) is 0 Å². The number of hydrogen-bond donors (Lipinski definition) is 1. The van der Waals surface area contributed by atoms with E-state index in [-0.39, 0.29) is 24.0 Å². The van der Waals surface area contributed by atoms with Gasteiger partial charge in [-0.2, -0.15) is 0 Å². The number of carbonyl (C=O) groups excluding carboxylic acids is 1. The molecule has 2 fully saturated rings. The Kier molecular flexibility index (Phi) is 3.31. The molecule has 22 heavy (non-hydrogen) atoms. The maximum atomic E-state index is 12.6. The van der Waals surface area contributed by atoms with Crippen LogP contribution in [0.1, 0.15) is 16.8 Å². The number of rotatable bonds is 4. The van der Waals surface area contributed by atoms with E-state index in [0.717, 1.165) is 13.0 Å². The molecule has 4 rings (SSSR count). The lowest BCUT2D eigenvalue weighted by atomic mass is 9.67. The van der Waals surface area contributed by atoms with Crippen LogP contribution in [-0.2, 0) is 9.47 Å². The van der Waals surface area contributed by atoms with Crippen LogP contribution in [0.5, 0.6) is 0 Å². The molecule has 0 aromatic carbocycles. The number of hydrogen-bond acceptors (Lipinski definition) is 5. The van der Waals surface area contributed by atoms with E-state index < -0.39 is 0 Å². The third-order valence-corrected chi connectivity index (χ3v) is 4.75. The minimum Gasteiger partial charge on any atom is -0.384 e. The first-order valence-corrected chi connectivity index (χ1v) is 7.49. The summed E-state index contributed by atoms with van der Waals surface area (Å²) in [6, 6.07) is 3.69. The molecule has 0 radical (unpaired) electrons. The second kappa shape index (κ2) is 5.33. The van der Waals surface area contributed by atoms with Crippen LogP contribution in [0.15, 0.2) is 24.7 Å². The minimum atomic E-state index is -0.116. The van der Waals surface area contributed by atoms with Crippen LogP contribution in [0, 0.1) is 11.8 Å². The van der Waals surface area contributed by atoms with Crippen molar-refractivity contribution < 1.29 is 14.3 Å². The number of ether oxygens (including phenoxy) is 2. The summed E-state index contributed by atoms with van der Waals surface area (Å²) < 4.78 is 12.7. The van der Waals surface area contributed by atoms with E-state index in [9.17, 15) is 4.79 Å². The van der Waals surface area contributed by atoms with Gasteiger partial charge in [-0.05, 0) is 18.6 Å². The molecule has 0 unspecified atom stereocenters. The second-order valence-corrected chi connectivity index (χ2v) is 5.89. The second-order valence-electron chi connectivity index (χ2n) is 5.89. The van der Waals surface area contributed by atoms with Gasteiger partial charge >= 0.3 is 0 Å². The highest BCUT2D eigenvalue weighted by molar-refractivity contribution is 5.99. The summed E-state index contributed by atoms with van der Waals surface area (Å²) in [7, 11) is 1.68. The Bertz CT molecular complexity index is 701. The highest BCUT2D eigenvalue weighted by atomic mass is 16.5. The van der Waals surface area contributed by atoms with Gasteiger partial charge in [0.1, 0.15) is 6.33 Å². The average Bonchev–Trinajstić information content (AvgIpc) is 3.16. The largest absolute Gasteiger partial charge is 0.384 e. The average molecular weight is 302 g/mol. The van der Waals surface area contributed by atoms with Crippen molar-refractivity contribution in [2.45, 2.75) is 18.6 Å². The summed E-state index contributed by atoms with van der Waals surface area (Å²) in [5.41, 5.74) is 1.11. The highest BCUT2D eigenvalue weighted by Gasteiger charge is 2.54. The monoisotopic (exact) mass is 302 g/mol. The third kappa shape index (κ3) is 2.00. The van der Waals surface area contributed by atoms with Gasteiger partial charge in [0.15, 0.2) is 5.65 Å². The van der Waals surface area contributed by atoms with E-state index >= 15 is 0 Å². The zero-order chi connectivity index (χ0) is 15.1. The molecule has 116 valence electrons. The van der Waals surface area contributed by atoms with E-state index in [1.165, 1.54) is 0 Å². The predicted molar refractivity (Wildman–Crippen MR) is 77.5 cm³/mol. The van der Waals surface area contributed by atoms with Crippen LogP contribution in [-0.4, -0.2) is 53.0 Å². The SMILES string of the molecule is COC[C@H]1[C@@H](NC(=O)c2cccn3cnnc23)[C@H]2CCO[C@H]21. The first-order valence-electron chi connectivity index (χ1n) is 7.49. The van der Waals surface area contributed by atoms with Crippen LogP contribution in [0.2, 0.25) is 0 Å². The minimum absolute atomic E-state index is 0.100. The first kappa shape index (κ1) is 13.7. The number of nitrogens with zero attached hydrogens (tertiary/aromatic N) is 3. The summed E-state index contributed by atoms with van der Waals surface area (Å²) in [6.45, 7) is 1.36. The first-order chi connectivity index (χ1) is 10.8. The Morgan fingerprint density at radius 3 is 3.36 bits per heavy atom. The molecule has 7 heteroatoms. The van der Waals surface area contributed by atoms with Gasteiger partial charge in [0, 0.05) is 37.8 Å². The highest BCUT2D eigenvalue weighted by Crippen LogP contribution is 2.43. The Labute approximate surface area is 127 Å². The lowest BCUT2D eigenvalue weighted by molar-refractivity contribution is -0.0809. The van der Waals surface area contributed by atoms with Crippen LogP contribution in [0.3, 0.4) is 0 Å². The number of methoxy groups -OCH3 is 1. The number of fused-ring (bicyclic) bond motifs is 2. The van der Waals surface area contributed by atoms with Crippen LogP contribution < -0.4 is 5.32 Å². The van der Waals surface area contributed by atoms with Gasteiger partial charge in [-0.3, -0.25) is 9.20 Å². The summed E-state index contributed by atoms with van der Waals surface area (Å²) in [5.74, 6) is 0.496. The van der Waals surface area contributed by atoms with Crippen LogP contribution >= 0.6 is 0 Å². The van der Waals surface area contributed by atoms with Crippen molar-refractivity contribution in [3.05, 3.63) is 30.2 Å². The van der Waals surface area contributed by atoms with E-state index in [1.807, 2.05) is 12.3 Å². The summed E-state index contributed by atoms with van der Waals surface area (Å²) in [4.78, 5) is 12.6. The zero-order valence-electron chi connectivity index (χ0n) is 12.3. The molecule has 1 aliphatic carbocycles. The fourth-order valence-electron chi connectivity index (χ4n) is 3.69. The Morgan fingerprint density at radius 2 is 2.50 bits per heavy atom. The van der Waals surface area contributed by atoms with Gasteiger partial charge in [-0.1, -0.05) is 0 Å². The van der Waals surface area contributed by atoms with Gasteiger partial charge < -0.3 is 14.8 Å². The zero-order valence-corrected chi connectivity index (χ0v) is 12.3. The lowest BCUT2D eigenvalue weighted by Crippen LogP contribution is -2.62. The van der Waals surface area contributed by atoms with E-state index in [1.54, 1.807) is 23.9 Å². The van der Waals surface area contributed by atoms with Gasteiger partial charge in [0.25, 0.3) is 5.91 Å². The molecule has 1 amide bonds. The molecule has 7 nitrogen and oxygen atoms in total. The maximum absolute atomic E-state index is 12.6. The maximum Gasteiger partial charge on any atom is 0.255 e. The molecule has 1 saturated carbocycles. The smallest absolute Gasteiger partial charge is 0.255 e. The van der Waals surface area contributed by atoms with Gasteiger partial charge in [-0.25, -0.2) is 0 Å². The third-order valence-electron chi connectivity index (χ3n) is 4.75. The van der Waals surface area contributed by atoms with E-state index in [4.69, 9.17) is 9.47 Å². The van der Waals surface area contributed by atoms with Crippen molar-refractivity contribution in [1.82, 2.24) is 19.9 Å². The molecule has 1 N–H and O–H groups in total.